The van der Waals surface area contributed by atoms with Gasteiger partial charge in [-0.25, -0.2) is 13.6 Å². The maximum Gasteiger partial charge on any atom is 0.259 e. The Morgan fingerprint density at radius 1 is 1.12 bits per heavy atom. The minimum atomic E-state index is -3.75. The van der Waals surface area contributed by atoms with E-state index in [9.17, 15) is 13.2 Å². The Balaban J connectivity index is 2.12. The summed E-state index contributed by atoms with van der Waals surface area (Å²) in [5, 5.41) is 7.76. The molecule has 0 saturated heterocycles. The lowest BCUT2D eigenvalue weighted by Gasteiger charge is -2.11. The number of hydrogen-bond acceptors (Lipinski definition) is 4. The topological polar surface area (TPSA) is 98.5 Å². The number of ether oxygens (including phenoxy) is 1. The Morgan fingerprint density at radius 3 is 2.42 bits per heavy atom. The number of sulfonamides is 1. The lowest BCUT2D eigenvalue weighted by molar-refractivity contribution is 0.102. The van der Waals surface area contributed by atoms with Crippen molar-refractivity contribution in [3.8, 4) is 5.75 Å². The van der Waals surface area contributed by atoms with Crippen LogP contribution in [0.1, 0.15) is 30.1 Å². The number of hydrogen-bond donors (Lipinski definition) is 2. The van der Waals surface area contributed by atoms with Gasteiger partial charge in [0.05, 0.1) is 17.1 Å². The number of unbranched alkanes of at least 4 members (excludes halogenated alkanes) is 1. The summed E-state index contributed by atoms with van der Waals surface area (Å²) < 4.78 is 28.1. The predicted octanol–water partition coefficient (Wildman–Crippen LogP) is 2.77. The summed E-state index contributed by atoms with van der Waals surface area (Å²) in [5.41, 5.74) is 0.889. The average molecular weight is 348 g/mol. The van der Waals surface area contributed by atoms with Gasteiger partial charge >= 0.3 is 0 Å². The van der Waals surface area contributed by atoms with Gasteiger partial charge in [0.2, 0.25) is 10.0 Å². The Kier molecular flexibility index (Phi) is 5.94. The van der Waals surface area contributed by atoms with Crippen molar-refractivity contribution < 1.29 is 17.9 Å². The molecule has 0 bridgehead atoms. The molecule has 1 amide bonds. The largest absolute Gasteiger partial charge is 0.493 e. The van der Waals surface area contributed by atoms with E-state index in [1.165, 1.54) is 24.3 Å². The zero-order chi connectivity index (χ0) is 17.6. The maximum atomic E-state index is 12.4. The van der Waals surface area contributed by atoms with Crippen LogP contribution in [-0.2, 0) is 10.0 Å². The molecule has 2 aromatic carbocycles. The van der Waals surface area contributed by atoms with Crippen LogP contribution >= 0.6 is 0 Å². The highest BCUT2D eigenvalue weighted by Crippen LogP contribution is 2.20. The van der Waals surface area contributed by atoms with Crippen molar-refractivity contribution in [2.45, 2.75) is 24.7 Å². The molecule has 0 spiro atoms. The van der Waals surface area contributed by atoms with Crippen LogP contribution in [0.15, 0.2) is 53.4 Å². The molecule has 0 fully saturated rings. The Labute approximate surface area is 141 Å². The van der Waals surface area contributed by atoms with Crippen molar-refractivity contribution >= 4 is 21.6 Å². The summed E-state index contributed by atoms with van der Waals surface area (Å²) in [6.07, 6.45) is 1.91. The first-order valence-corrected chi connectivity index (χ1v) is 9.12. The number of rotatable bonds is 7. The monoisotopic (exact) mass is 348 g/mol. The first-order chi connectivity index (χ1) is 11.4. The van der Waals surface area contributed by atoms with E-state index in [1.807, 2.05) is 0 Å². The molecule has 7 heteroatoms. The van der Waals surface area contributed by atoms with Gasteiger partial charge in [-0.05, 0) is 42.8 Å². The van der Waals surface area contributed by atoms with Crippen molar-refractivity contribution in [1.82, 2.24) is 0 Å². The molecule has 24 heavy (non-hydrogen) atoms. The summed E-state index contributed by atoms with van der Waals surface area (Å²) in [6, 6.07) is 12.6. The highest BCUT2D eigenvalue weighted by molar-refractivity contribution is 7.89. The molecule has 0 atom stereocenters. The molecule has 6 nitrogen and oxygen atoms in total. The third-order valence-corrected chi connectivity index (χ3v) is 4.26. The van der Waals surface area contributed by atoms with E-state index in [0.717, 1.165) is 12.8 Å². The summed E-state index contributed by atoms with van der Waals surface area (Å²) in [4.78, 5) is 12.4. The van der Waals surface area contributed by atoms with Gasteiger partial charge in [0.25, 0.3) is 5.91 Å². The number of carbonyl (C=O) groups is 1. The maximum absolute atomic E-state index is 12.4. The van der Waals surface area contributed by atoms with Crippen LogP contribution in [0.2, 0.25) is 0 Å². The van der Waals surface area contributed by atoms with Gasteiger partial charge in [-0.1, -0.05) is 25.5 Å². The fourth-order valence-electron chi connectivity index (χ4n) is 2.03. The first-order valence-electron chi connectivity index (χ1n) is 7.58. The molecule has 0 unspecified atom stereocenters. The van der Waals surface area contributed by atoms with Gasteiger partial charge in [-0.15, -0.1) is 0 Å². The second kappa shape index (κ2) is 7.94. The second-order valence-electron chi connectivity index (χ2n) is 5.22. The van der Waals surface area contributed by atoms with E-state index in [2.05, 4.69) is 12.2 Å². The molecule has 0 aromatic heterocycles. The normalized spacial score (nSPS) is 11.1. The van der Waals surface area contributed by atoms with Gasteiger partial charge in [0.1, 0.15) is 5.75 Å². The van der Waals surface area contributed by atoms with E-state index in [1.54, 1.807) is 24.3 Å². The van der Waals surface area contributed by atoms with Crippen LogP contribution in [0.5, 0.6) is 5.75 Å². The molecule has 0 aliphatic heterocycles. The highest BCUT2D eigenvalue weighted by atomic mass is 32.2. The third-order valence-electron chi connectivity index (χ3n) is 3.33. The molecule has 0 radical (unpaired) electrons. The van der Waals surface area contributed by atoms with Crippen molar-refractivity contribution in [3.63, 3.8) is 0 Å². The van der Waals surface area contributed by atoms with Gasteiger partial charge in [-0.2, -0.15) is 0 Å². The SMILES string of the molecule is CCCCOc1ccccc1C(=O)Nc1ccc(S(N)(=O)=O)cc1. The summed E-state index contributed by atoms with van der Waals surface area (Å²) >= 11 is 0. The zero-order valence-electron chi connectivity index (χ0n) is 13.4. The lowest BCUT2D eigenvalue weighted by Crippen LogP contribution is -2.15. The van der Waals surface area contributed by atoms with Crippen LogP contribution in [0.3, 0.4) is 0 Å². The van der Waals surface area contributed by atoms with Gasteiger partial charge in [0.15, 0.2) is 0 Å². The molecular weight excluding hydrogens is 328 g/mol. The van der Waals surface area contributed by atoms with Crippen LogP contribution < -0.4 is 15.2 Å². The van der Waals surface area contributed by atoms with Crippen LogP contribution in [-0.4, -0.2) is 20.9 Å². The molecule has 0 aliphatic carbocycles. The number of primary sulfonamides is 1. The van der Waals surface area contributed by atoms with Crippen LogP contribution in [0.4, 0.5) is 5.69 Å². The van der Waals surface area contributed by atoms with E-state index in [4.69, 9.17) is 9.88 Å². The average Bonchev–Trinajstić information content (AvgIpc) is 2.55. The molecule has 0 saturated carbocycles. The zero-order valence-corrected chi connectivity index (χ0v) is 14.2. The minimum Gasteiger partial charge on any atom is -0.493 e. The Bertz CT molecular complexity index is 802. The van der Waals surface area contributed by atoms with Crippen molar-refractivity contribution in [2.75, 3.05) is 11.9 Å². The summed E-state index contributed by atoms with van der Waals surface area (Å²) in [5.74, 6) is 0.190. The molecular formula is C17H20N2O4S. The summed E-state index contributed by atoms with van der Waals surface area (Å²) in [6.45, 7) is 2.61. The van der Waals surface area contributed by atoms with Gasteiger partial charge in [0, 0.05) is 5.69 Å². The highest BCUT2D eigenvalue weighted by Gasteiger charge is 2.13. The van der Waals surface area contributed by atoms with Crippen LogP contribution in [0, 0.1) is 0 Å². The van der Waals surface area contributed by atoms with E-state index in [0.29, 0.717) is 23.6 Å². The Hall–Kier alpha value is -2.38. The van der Waals surface area contributed by atoms with Crippen molar-refractivity contribution in [3.05, 3.63) is 54.1 Å². The van der Waals surface area contributed by atoms with E-state index >= 15 is 0 Å². The predicted molar refractivity (Wildman–Crippen MR) is 92.6 cm³/mol. The van der Waals surface area contributed by atoms with Gasteiger partial charge in [-0.3, -0.25) is 4.79 Å². The van der Waals surface area contributed by atoms with E-state index in [-0.39, 0.29) is 10.8 Å². The lowest BCUT2D eigenvalue weighted by atomic mass is 10.2. The number of benzene rings is 2. The Morgan fingerprint density at radius 2 is 1.79 bits per heavy atom. The van der Waals surface area contributed by atoms with E-state index < -0.39 is 10.0 Å². The number of nitrogens with two attached hydrogens (primary N) is 1. The van der Waals surface area contributed by atoms with Crippen molar-refractivity contribution in [1.29, 1.82) is 0 Å². The number of carbonyl (C=O) groups excluding carboxylic acids is 1. The van der Waals surface area contributed by atoms with Crippen LogP contribution in [0.25, 0.3) is 0 Å². The number of nitrogens with one attached hydrogen (secondary N) is 1. The second-order valence-corrected chi connectivity index (χ2v) is 6.78. The molecule has 2 rings (SSSR count). The number of anilines is 1. The molecule has 3 N–H and O–H groups in total. The molecule has 2 aromatic rings. The standard InChI is InChI=1S/C17H20N2O4S/c1-2-3-12-23-16-7-5-4-6-15(16)17(20)19-13-8-10-14(11-9-13)24(18,21)22/h4-11H,2-3,12H2,1H3,(H,19,20)(H2,18,21,22). The van der Waals surface area contributed by atoms with Crippen molar-refractivity contribution in [2.24, 2.45) is 5.14 Å². The molecule has 0 heterocycles. The molecule has 128 valence electrons. The number of amides is 1. The minimum absolute atomic E-state index is 0.0104. The van der Waals surface area contributed by atoms with Gasteiger partial charge < -0.3 is 10.1 Å². The summed E-state index contributed by atoms with van der Waals surface area (Å²) in [7, 11) is -3.75. The first kappa shape index (κ1) is 18.0. The third kappa shape index (κ3) is 4.81. The molecule has 0 aliphatic rings. The number of para-hydroxylation sites is 1. The quantitative estimate of drug-likeness (QED) is 0.752. The fraction of sp³-hybridized carbons (Fsp3) is 0.235. The fourth-order valence-corrected chi connectivity index (χ4v) is 2.55. The smallest absolute Gasteiger partial charge is 0.259 e.